The van der Waals surface area contributed by atoms with Crippen molar-refractivity contribution in [2.75, 3.05) is 39.3 Å². The molecule has 208 valence electrons. The maximum Gasteiger partial charge on any atom is 0.394 e. The van der Waals surface area contributed by atoms with Gasteiger partial charge >= 0.3 is 23.9 Å². The van der Waals surface area contributed by atoms with Gasteiger partial charge in [0.25, 0.3) is 5.19 Å². The molecule has 0 bridgehead atoms. The van der Waals surface area contributed by atoms with E-state index in [9.17, 15) is 24.6 Å². The van der Waals surface area contributed by atoms with E-state index in [1.807, 2.05) is 0 Å². The van der Waals surface area contributed by atoms with Crippen LogP contribution in [0.2, 0.25) is 0 Å². The molecule has 4 aliphatic heterocycles. The summed E-state index contributed by atoms with van der Waals surface area (Å²) in [6.07, 6.45) is 2.49. The Hall–Kier alpha value is -2.52. The molecule has 1 saturated carbocycles. The molecule has 1 aliphatic carbocycles. The van der Waals surface area contributed by atoms with Crippen molar-refractivity contribution in [1.82, 2.24) is 19.7 Å². The molecule has 13 nitrogen and oxygen atoms in total. The number of carbonyl (C=O) groups is 3. The highest BCUT2D eigenvalue weighted by Gasteiger charge is 2.53. The molecule has 5 heterocycles. The van der Waals surface area contributed by atoms with E-state index in [1.165, 1.54) is 35.5 Å². The number of rotatable bonds is 3. The lowest BCUT2D eigenvalue weighted by molar-refractivity contribution is -0.358. The van der Waals surface area contributed by atoms with Crippen molar-refractivity contribution in [3.8, 4) is 5.19 Å². The van der Waals surface area contributed by atoms with Gasteiger partial charge in [0.05, 0.1) is 23.7 Å². The summed E-state index contributed by atoms with van der Waals surface area (Å²) < 4.78 is 21.8. The SMILES string of the molecule is O=C1OC2(CN(C(=O)N3CCc4nc(OC5CCN(C6CCC6)CC5)sc4C3)CCO2)OC(=O)C(O)C1O. The van der Waals surface area contributed by atoms with E-state index < -0.39 is 30.1 Å². The Bertz CT molecular complexity index is 1060. The molecule has 1 aromatic heterocycles. The molecule has 2 unspecified atom stereocenters. The minimum atomic E-state index is -2.22. The van der Waals surface area contributed by atoms with Crippen LogP contribution < -0.4 is 4.74 Å². The number of morpholine rings is 1. The van der Waals surface area contributed by atoms with Gasteiger partial charge in [-0.25, -0.2) is 19.4 Å². The number of esters is 2. The van der Waals surface area contributed by atoms with Crippen LogP contribution in [0.1, 0.15) is 42.7 Å². The molecule has 2 atom stereocenters. The fraction of sp³-hybridized carbons (Fsp3) is 0.750. The second kappa shape index (κ2) is 10.2. The molecule has 5 aliphatic rings. The summed E-state index contributed by atoms with van der Waals surface area (Å²) in [6.45, 7) is 2.64. The van der Waals surface area contributed by atoms with Crippen LogP contribution in [0.3, 0.4) is 0 Å². The van der Waals surface area contributed by atoms with E-state index in [4.69, 9.17) is 23.9 Å². The quantitative estimate of drug-likeness (QED) is 0.481. The highest BCUT2D eigenvalue weighted by atomic mass is 32.1. The minimum Gasteiger partial charge on any atom is -0.467 e. The van der Waals surface area contributed by atoms with Crippen LogP contribution >= 0.6 is 11.3 Å². The third-order valence-electron chi connectivity index (χ3n) is 7.95. The Morgan fingerprint density at radius 3 is 2.37 bits per heavy atom. The summed E-state index contributed by atoms with van der Waals surface area (Å²) >= 11 is 1.47. The van der Waals surface area contributed by atoms with E-state index in [0.717, 1.165) is 42.5 Å². The number of thiazole rings is 1. The maximum absolute atomic E-state index is 13.4. The van der Waals surface area contributed by atoms with Gasteiger partial charge in [0.2, 0.25) is 0 Å². The van der Waals surface area contributed by atoms with Crippen LogP contribution in [-0.2, 0) is 36.8 Å². The van der Waals surface area contributed by atoms with Crippen molar-refractivity contribution in [3.05, 3.63) is 10.6 Å². The summed E-state index contributed by atoms with van der Waals surface area (Å²) in [5.41, 5.74) is 0.939. The van der Waals surface area contributed by atoms with Gasteiger partial charge in [0.15, 0.2) is 12.2 Å². The van der Waals surface area contributed by atoms with Gasteiger partial charge in [-0.05, 0) is 25.7 Å². The number of urea groups is 1. The fourth-order valence-electron chi connectivity index (χ4n) is 5.50. The van der Waals surface area contributed by atoms with Gasteiger partial charge < -0.3 is 43.9 Å². The number of aliphatic hydroxyl groups excluding tert-OH is 2. The van der Waals surface area contributed by atoms with Gasteiger partial charge in [0, 0.05) is 38.6 Å². The van der Waals surface area contributed by atoms with Gasteiger partial charge in [0.1, 0.15) is 12.6 Å². The van der Waals surface area contributed by atoms with E-state index in [0.29, 0.717) is 24.7 Å². The van der Waals surface area contributed by atoms with Crippen LogP contribution in [0.5, 0.6) is 5.19 Å². The number of piperidine rings is 1. The Morgan fingerprint density at radius 1 is 1.00 bits per heavy atom. The molecule has 2 amide bonds. The number of nitrogens with zero attached hydrogens (tertiary/aromatic N) is 4. The molecule has 6 rings (SSSR count). The molecular weight excluding hydrogens is 520 g/mol. The zero-order valence-corrected chi connectivity index (χ0v) is 21.8. The summed E-state index contributed by atoms with van der Waals surface area (Å²) in [4.78, 5) is 48.8. The molecule has 3 saturated heterocycles. The van der Waals surface area contributed by atoms with Crippen molar-refractivity contribution < 1.29 is 43.5 Å². The predicted octanol–water partition coefficient (Wildman–Crippen LogP) is -0.175. The van der Waals surface area contributed by atoms with Crippen molar-refractivity contribution >= 4 is 29.3 Å². The predicted molar refractivity (Wildman–Crippen MR) is 129 cm³/mol. The maximum atomic E-state index is 13.4. The van der Waals surface area contributed by atoms with Crippen molar-refractivity contribution in [2.24, 2.45) is 0 Å². The third kappa shape index (κ3) is 4.95. The number of aliphatic hydroxyl groups is 2. The number of hydrogen-bond acceptors (Lipinski definition) is 12. The molecule has 14 heteroatoms. The Balaban J connectivity index is 1.06. The minimum absolute atomic E-state index is 0.0737. The summed E-state index contributed by atoms with van der Waals surface area (Å²) in [6, 6.07) is 0.419. The number of carbonyl (C=O) groups excluding carboxylic acids is 3. The van der Waals surface area contributed by atoms with Crippen molar-refractivity contribution in [3.63, 3.8) is 0 Å². The smallest absolute Gasteiger partial charge is 0.394 e. The molecule has 4 fully saturated rings. The van der Waals surface area contributed by atoms with Crippen LogP contribution in [0.4, 0.5) is 4.79 Å². The van der Waals surface area contributed by atoms with E-state index in [2.05, 4.69) is 4.90 Å². The Kier molecular flexibility index (Phi) is 6.93. The van der Waals surface area contributed by atoms with Crippen LogP contribution in [0, 0.1) is 0 Å². The van der Waals surface area contributed by atoms with Gasteiger partial charge in [-0.15, -0.1) is 0 Å². The standard InChI is InChI=1S/C24H32N4O9S/c29-18-19(30)21(32)37-24(36-20(18)31)13-28(10-11-34-24)23(33)27-9-6-16-17(12-27)38-22(25-16)35-15-4-7-26(8-5-15)14-2-1-3-14/h14-15,18-19,29-30H,1-13H2. The van der Waals surface area contributed by atoms with Crippen LogP contribution in [-0.4, -0.2) is 118 Å². The van der Waals surface area contributed by atoms with Crippen LogP contribution in [0.25, 0.3) is 0 Å². The van der Waals surface area contributed by atoms with Gasteiger partial charge in [-0.3, -0.25) is 0 Å². The molecule has 1 spiro atoms. The molecule has 38 heavy (non-hydrogen) atoms. The fourth-order valence-corrected chi connectivity index (χ4v) is 6.54. The first-order valence-corrected chi connectivity index (χ1v) is 14.0. The van der Waals surface area contributed by atoms with E-state index in [1.54, 1.807) is 4.90 Å². The van der Waals surface area contributed by atoms with Gasteiger partial charge in [-0.2, -0.15) is 0 Å². The van der Waals surface area contributed by atoms with Crippen molar-refractivity contribution in [2.45, 2.75) is 75.4 Å². The average Bonchev–Trinajstić information content (AvgIpc) is 3.26. The first-order chi connectivity index (χ1) is 18.3. The van der Waals surface area contributed by atoms with E-state index >= 15 is 0 Å². The number of ether oxygens (including phenoxy) is 4. The zero-order valence-electron chi connectivity index (χ0n) is 21.0. The zero-order chi connectivity index (χ0) is 26.4. The highest BCUT2D eigenvalue weighted by Crippen LogP contribution is 2.34. The Labute approximate surface area is 223 Å². The van der Waals surface area contributed by atoms with Crippen molar-refractivity contribution in [1.29, 1.82) is 0 Å². The second-order valence-corrected chi connectivity index (χ2v) is 11.5. The summed E-state index contributed by atoms with van der Waals surface area (Å²) in [5.74, 6) is -4.77. The average molecular weight is 553 g/mol. The Morgan fingerprint density at radius 2 is 1.71 bits per heavy atom. The highest BCUT2D eigenvalue weighted by molar-refractivity contribution is 7.13. The first-order valence-electron chi connectivity index (χ1n) is 13.2. The third-order valence-corrected chi connectivity index (χ3v) is 8.92. The molecule has 1 aromatic rings. The summed E-state index contributed by atoms with van der Waals surface area (Å²) in [5, 5.41) is 20.1. The van der Waals surface area contributed by atoms with E-state index in [-0.39, 0.29) is 31.8 Å². The lowest BCUT2D eigenvalue weighted by Crippen LogP contribution is -2.60. The largest absolute Gasteiger partial charge is 0.467 e. The summed E-state index contributed by atoms with van der Waals surface area (Å²) in [7, 11) is 0. The van der Waals surface area contributed by atoms with Gasteiger partial charge in [-0.1, -0.05) is 17.8 Å². The first kappa shape index (κ1) is 25.7. The second-order valence-electron chi connectivity index (χ2n) is 10.4. The number of aromatic nitrogens is 1. The lowest BCUT2D eigenvalue weighted by atomic mass is 9.90. The molecule has 0 radical (unpaired) electrons. The lowest BCUT2D eigenvalue weighted by Gasteiger charge is -2.41. The number of amides is 2. The molecular formula is C24H32N4O9S. The molecule has 0 aromatic carbocycles. The molecule has 2 N–H and O–H groups in total. The normalized spacial score (nSPS) is 31.3. The number of hydrogen-bond donors (Lipinski definition) is 2. The number of fused-ring (bicyclic) bond motifs is 1. The van der Waals surface area contributed by atoms with Crippen LogP contribution in [0.15, 0.2) is 0 Å². The topological polar surface area (TPSA) is 151 Å². The number of likely N-dealkylation sites (tertiary alicyclic amines) is 1. The monoisotopic (exact) mass is 552 g/mol.